The molecule has 8 heteroatoms. The fourth-order valence-corrected chi connectivity index (χ4v) is 4.16. The van der Waals surface area contributed by atoms with Gasteiger partial charge in [0.1, 0.15) is 11.4 Å². The van der Waals surface area contributed by atoms with Crippen molar-refractivity contribution in [3.05, 3.63) is 34.6 Å². The van der Waals surface area contributed by atoms with Gasteiger partial charge in [-0.2, -0.15) is 0 Å². The van der Waals surface area contributed by atoms with Gasteiger partial charge in [-0.1, -0.05) is 31.5 Å². The van der Waals surface area contributed by atoms with E-state index in [0.717, 1.165) is 4.90 Å². The first kappa shape index (κ1) is 19.6. The third-order valence-electron chi connectivity index (χ3n) is 5.34. The largest absolute Gasteiger partial charge is 0.338 e. The van der Waals surface area contributed by atoms with Crippen LogP contribution in [-0.2, 0) is 4.79 Å². The van der Waals surface area contributed by atoms with Crippen molar-refractivity contribution in [3.63, 3.8) is 0 Å². The predicted molar refractivity (Wildman–Crippen MR) is 99.0 cm³/mol. The Morgan fingerprint density at radius 3 is 2.44 bits per heavy atom. The molecule has 0 saturated carbocycles. The minimum absolute atomic E-state index is 0.0635. The molecule has 2 aliphatic rings. The molecule has 0 atom stereocenters. The second-order valence-electron chi connectivity index (χ2n) is 7.57. The van der Waals surface area contributed by atoms with Crippen LogP contribution in [0.5, 0.6) is 0 Å². The summed E-state index contributed by atoms with van der Waals surface area (Å²) in [5, 5.41) is 0.0635. The molecular weight excluding hydrogens is 373 g/mol. The van der Waals surface area contributed by atoms with Crippen molar-refractivity contribution in [2.75, 3.05) is 26.7 Å². The zero-order chi connectivity index (χ0) is 19.9. The Bertz CT molecular complexity index is 770. The molecule has 0 aliphatic carbocycles. The molecule has 6 nitrogen and oxygen atoms in total. The van der Waals surface area contributed by atoms with Gasteiger partial charge in [0.2, 0.25) is 0 Å². The molecular formula is C19H23ClFN3O3. The molecule has 1 aromatic rings. The van der Waals surface area contributed by atoms with Crippen LogP contribution in [0.25, 0.3) is 0 Å². The fraction of sp³-hybridized carbons (Fsp3) is 0.526. The molecule has 4 amide bonds. The van der Waals surface area contributed by atoms with Gasteiger partial charge in [0.25, 0.3) is 11.8 Å². The van der Waals surface area contributed by atoms with Crippen molar-refractivity contribution in [1.82, 2.24) is 14.7 Å². The topological polar surface area (TPSA) is 60.9 Å². The number of amides is 4. The van der Waals surface area contributed by atoms with Crippen LogP contribution in [0.15, 0.2) is 18.2 Å². The lowest BCUT2D eigenvalue weighted by molar-refractivity contribution is -0.134. The number of hydrogen-bond acceptors (Lipinski definition) is 3. The van der Waals surface area contributed by atoms with Gasteiger partial charge in [0, 0.05) is 26.7 Å². The summed E-state index contributed by atoms with van der Waals surface area (Å²) >= 11 is 6.00. The number of carbonyl (C=O) groups excluding carboxylic acids is 3. The molecule has 0 N–H and O–H groups in total. The Balaban J connectivity index is 1.82. The molecule has 1 spiro atoms. The average Bonchev–Trinajstić information content (AvgIpc) is 2.78. The first-order valence-corrected chi connectivity index (χ1v) is 9.40. The van der Waals surface area contributed by atoms with Crippen LogP contribution in [0.1, 0.15) is 37.0 Å². The second-order valence-corrected chi connectivity index (χ2v) is 7.98. The molecule has 146 valence electrons. The number of rotatable bonds is 3. The molecule has 3 rings (SSSR count). The van der Waals surface area contributed by atoms with Crippen LogP contribution >= 0.6 is 11.6 Å². The lowest BCUT2D eigenvalue weighted by Crippen LogP contribution is -2.58. The number of urea groups is 1. The van der Waals surface area contributed by atoms with Crippen molar-refractivity contribution in [1.29, 1.82) is 0 Å². The van der Waals surface area contributed by atoms with E-state index >= 15 is 0 Å². The molecule has 2 aliphatic heterocycles. The van der Waals surface area contributed by atoms with E-state index in [-0.39, 0.29) is 41.5 Å². The molecule has 2 fully saturated rings. The highest BCUT2D eigenvalue weighted by molar-refractivity contribution is 6.33. The highest BCUT2D eigenvalue weighted by atomic mass is 35.5. The van der Waals surface area contributed by atoms with E-state index in [0.29, 0.717) is 19.4 Å². The van der Waals surface area contributed by atoms with Crippen molar-refractivity contribution < 1.29 is 18.8 Å². The van der Waals surface area contributed by atoms with Gasteiger partial charge in [-0.25, -0.2) is 9.18 Å². The fourth-order valence-electron chi connectivity index (χ4n) is 3.92. The predicted octanol–water partition coefficient (Wildman–Crippen LogP) is 3.00. The van der Waals surface area contributed by atoms with Crippen LogP contribution in [0.2, 0.25) is 5.02 Å². The third kappa shape index (κ3) is 3.18. The summed E-state index contributed by atoms with van der Waals surface area (Å²) in [5.41, 5.74) is -1.08. The summed E-state index contributed by atoms with van der Waals surface area (Å²) in [6, 6.07) is 3.82. The van der Waals surface area contributed by atoms with Crippen molar-refractivity contribution in [3.8, 4) is 0 Å². The standard InChI is InChI=1S/C19H23ClFN3O3/c1-12(2)11-24-18(27)22(3)17(26)19(24)7-9-23(10-8-19)16(25)15-13(20)5-4-6-14(15)21/h4-6,12H,7-11H2,1-3H3. The maximum Gasteiger partial charge on any atom is 0.327 e. The lowest BCUT2D eigenvalue weighted by Gasteiger charge is -2.42. The van der Waals surface area contributed by atoms with Crippen LogP contribution in [0.3, 0.4) is 0 Å². The molecule has 2 heterocycles. The maximum atomic E-state index is 14.1. The number of benzene rings is 1. The van der Waals surface area contributed by atoms with E-state index in [4.69, 9.17) is 11.6 Å². The van der Waals surface area contributed by atoms with Gasteiger partial charge >= 0.3 is 6.03 Å². The summed E-state index contributed by atoms with van der Waals surface area (Å²) < 4.78 is 14.1. The van der Waals surface area contributed by atoms with Gasteiger partial charge in [-0.15, -0.1) is 0 Å². The van der Waals surface area contributed by atoms with Gasteiger partial charge in [0.05, 0.1) is 10.6 Å². The Kier molecular flexibility index (Phi) is 5.16. The quantitative estimate of drug-likeness (QED) is 0.739. The Morgan fingerprint density at radius 1 is 1.26 bits per heavy atom. The normalized spacial score (nSPS) is 19.6. The Labute approximate surface area is 162 Å². The Morgan fingerprint density at radius 2 is 1.89 bits per heavy atom. The van der Waals surface area contributed by atoms with E-state index < -0.39 is 17.3 Å². The van der Waals surface area contributed by atoms with Crippen LogP contribution in [0, 0.1) is 11.7 Å². The summed E-state index contributed by atoms with van der Waals surface area (Å²) in [6.45, 7) is 4.96. The molecule has 0 unspecified atom stereocenters. The molecule has 0 bridgehead atoms. The van der Waals surface area contributed by atoms with E-state index in [1.54, 1.807) is 4.90 Å². The van der Waals surface area contributed by atoms with Gasteiger partial charge < -0.3 is 9.80 Å². The molecule has 1 aromatic carbocycles. The molecule has 2 saturated heterocycles. The van der Waals surface area contributed by atoms with E-state index in [2.05, 4.69) is 0 Å². The van der Waals surface area contributed by atoms with Gasteiger partial charge in [-0.3, -0.25) is 14.5 Å². The number of halogens is 2. The number of likely N-dealkylation sites (tertiary alicyclic amines) is 1. The smallest absolute Gasteiger partial charge is 0.327 e. The number of likely N-dealkylation sites (N-methyl/N-ethyl adjacent to an activating group) is 1. The first-order chi connectivity index (χ1) is 12.7. The Hall–Kier alpha value is -2.15. The van der Waals surface area contributed by atoms with Crippen molar-refractivity contribution in [2.45, 2.75) is 32.2 Å². The number of hydrogen-bond donors (Lipinski definition) is 0. The number of nitrogens with zero attached hydrogens (tertiary/aromatic N) is 3. The maximum absolute atomic E-state index is 14.1. The zero-order valence-corrected chi connectivity index (χ0v) is 16.4. The third-order valence-corrected chi connectivity index (χ3v) is 5.65. The van der Waals surface area contributed by atoms with E-state index in [9.17, 15) is 18.8 Å². The van der Waals surface area contributed by atoms with Crippen LogP contribution in [-0.4, -0.2) is 64.8 Å². The molecule has 0 radical (unpaired) electrons. The van der Waals surface area contributed by atoms with E-state index in [1.807, 2.05) is 13.8 Å². The number of imide groups is 1. The minimum Gasteiger partial charge on any atom is -0.338 e. The number of carbonyl (C=O) groups is 3. The highest BCUT2D eigenvalue weighted by Crippen LogP contribution is 2.37. The highest BCUT2D eigenvalue weighted by Gasteiger charge is 2.57. The first-order valence-electron chi connectivity index (χ1n) is 9.02. The summed E-state index contributed by atoms with van der Waals surface area (Å²) in [5.74, 6) is -1.18. The summed E-state index contributed by atoms with van der Waals surface area (Å²) in [4.78, 5) is 42.4. The van der Waals surface area contributed by atoms with Crippen molar-refractivity contribution >= 4 is 29.4 Å². The van der Waals surface area contributed by atoms with Crippen molar-refractivity contribution in [2.24, 2.45) is 5.92 Å². The average molecular weight is 396 g/mol. The van der Waals surface area contributed by atoms with Crippen LogP contribution in [0.4, 0.5) is 9.18 Å². The zero-order valence-electron chi connectivity index (χ0n) is 15.7. The van der Waals surface area contributed by atoms with Gasteiger partial charge in [0.15, 0.2) is 0 Å². The lowest BCUT2D eigenvalue weighted by atomic mass is 9.85. The van der Waals surface area contributed by atoms with Crippen LogP contribution < -0.4 is 0 Å². The monoisotopic (exact) mass is 395 g/mol. The second kappa shape index (κ2) is 7.11. The van der Waals surface area contributed by atoms with Gasteiger partial charge in [-0.05, 0) is 30.9 Å². The number of piperidine rings is 1. The summed E-state index contributed by atoms with van der Waals surface area (Å²) in [6.07, 6.45) is 0.652. The molecule has 0 aromatic heterocycles. The minimum atomic E-state index is -0.925. The molecule has 27 heavy (non-hydrogen) atoms. The SMILES string of the molecule is CC(C)CN1C(=O)N(C)C(=O)C12CCN(C(=O)c1c(F)cccc1Cl)CC2. The summed E-state index contributed by atoms with van der Waals surface area (Å²) in [7, 11) is 1.49. The van der Waals surface area contributed by atoms with E-state index in [1.165, 1.54) is 30.1 Å².